The number of pyridine rings is 1. The summed E-state index contributed by atoms with van der Waals surface area (Å²) in [6.07, 6.45) is 3.66. The maximum absolute atomic E-state index is 5.68. The average Bonchev–Trinajstić information content (AvgIpc) is 2.41. The molecule has 2 aromatic rings. The number of aromatic nitrogens is 1. The second-order valence-electron chi connectivity index (χ2n) is 4.34. The van der Waals surface area contributed by atoms with Gasteiger partial charge in [0.1, 0.15) is 0 Å². The Labute approximate surface area is 108 Å². The van der Waals surface area contributed by atoms with E-state index in [0.29, 0.717) is 6.54 Å². The highest BCUT2D eigenvalue weighted by Crippen LogP contribution is 2.08. The summed E-state index contributed by atoms with van der Waals surface area (Å²) in [5.41, 5.74) is 8.27. The topological polar surface area (TPSA) is 42.1 Å². The second-order valence-corrected chi connectivity index (χ2v) is 4.34. The molecule has 0 amide bonds. The minimum absolute atomic E-state index is 0.678. The van der Waals surface area contributed by atoms with E-state index in [1.165, 1.54) is 11.1 Å². The molecule has 2 N–H and O–H groups in total. The molecular weight excluding hydrogens is 222 g/mol. The molecule has 2 rings (SSSR count). The van der Waals surface area contributed by atoms with Crippen LogP contribution in [0.4, 0.5) is 0 Å². The Bertz CT molecular complexity index is 400. The van der Waals surface area contributed by atoms with Crippen LogP contribution in [0.5, 0.6) is 0 Å². The van der Waals surface area contributed by atoms with Gasteiger partial charge in [0.2, 0.25) is 0 Å². The van der Waals surface area contributed by atoms with Crippen LogP contribution >= 0.6 is 0 Å². The zero-order valence-electron chi connectivity index (χ0n) is 10.5. The standard InChI is InChI=1S/C15H19N3/c16-8-11-18(12-14-4-2-1-3-5-14)13-15-6-9-17-10-7-15/h1-7,9-10H,8,11-13,16H2. The van der Waals surface area contributed by atoms with E-state index in [1.54, 1.807) is 0 Å². The van der Waals surface area contributed by atoms with Crippen molar-refractivity contribution < 1.29 is 0 Å². The molecule has 0 aliphatic carbocycles. The lowest BCUT2D eigenvalue weighted by atomic mass is 10.2. The van der Waals surface area contributed by atoms with Gasteiger partial charge in [-0.2, -0.15) is 0 Å². The van der Waals surface area contributed by atoms with Gasteiger partial charge in [0.15, 0.2) is 0 Å². The number of nitrogens with two attached hydrogens (primary N) is 1. The lowest BCUT2D eigenvalue weighted by molar-refractivity contribution is 0.264. The Morgan fingerprint density at radius 3 is 2.11 bits per heavy atom. The lowest BCUT2D eigenvalue weighted by Crippen LogP contribution is -2.28. The molecule has 0 aliphatic rings. The SMILES string of the molecule is NCCN(Cc1ccccc1)Cc1ccncc1. The fourth-order valence-electron chi connectivity index (χ4n) is 1.98. The Balaban J connectivity index is 2.00. The highest BCUT2D eigenvalue weighted by Gasteiger charge is 2.05. The van der Waals surface area contributed by atoms with Crippen LogP contribution < -0.4 is 5.73 Å². The molecule has 18 heavy (non-hydrogen) atoms. The van der Waals surface area contributed by atoms with Crippen molar-refractivity contribution in [2.75, 3.05) is 13.1 Å². The van der Waals surface area contributed by atoms with Crippen molar-refractivity contribution >= 4 is 0 Å². The molecule has 1 aromatic heterocycles. The van der Waals surface area contributed by atoms with Gasteiger partial charge in [-0.25, -0.2) is 0 Å². The predicted molar refractivity (Wildman–Crippen MR) is 73.8 cm³/mol. The first-order chi connectivity index (χ1) is 8.88. The highest BCUT2D eigenvalue weighted by atomic mass is 15.1. The summed E-state index contributed by atoms with van der Waals surface area (Å²) in [5, 5.41) is 0. The zero-order chi connectivity index (χ0) is 12.6. The third-order valence-electron chi connectivity index (χ3n) is 2.85. The Hall–Kier alpha value is -1.71. The van der Waals surface area contributed by atoms with Gasteiger partial charge in [0, 0.05) is 38.6 Å². The molecule has 0 spiro atoms. The minimum Gasteiger partial charge on any atom is -0.329 e. The molecule has 3 heteroatoms. The number of nitrogens with zero attached hydrogens (tertiary/aromatic N) is 2. The van der Waals surface area contributed by atoms with Crippen LogP contribution in [-0.2, 0) is 13.1 Å². The molecule has 1 heterocycles. The van der Waals surface area contributed by atoms with Gasteiger partial charge >= 0.3 is 0 Å². The molecule has 0 atom stereocenters. The van der Waals surface area contributed by atoms with Gasteiger partial charge in [0.25, 0.3) is 0 Å². The monoisotopic (exact) mass is 241 g/mol. The molecule has 0 fully saturated rings. The third-order valence-corrected chi connectivity index (χ3v) is 2.85. The summed E-state index contributed by atoms with van der Waals surface area (Å²) < 4.78 is 0. The van der Waals surface area contributed by atoms with Crippen molar-refractivity contribution in [1.29, 1.82) is 0 Å². The smallest absolute Gasteiger partial charge is 0.0271 e. The maximum atomic E-state index is 5.68. The first-order valence-electron chi connectivity index (χ1n) is 6.24. The van der Waals surface area contributed by atoms with Crippen molar-refractivity contribution in [2.45, 2.75) is 13.1 Å². The van der Waals surface area contributed by atoms with Gasteiger partial charge < -0.3 is 5.73 Å². The molecule has 0 saturated heterocycles. The number of hydrogen-bond donors (Lipinski definition) is 1. The maximum Gasteiger partial charge on any atom is 0.0271 e. The summed E-state index contributed by atoms with van der Waals surface area (Å²) in [6.45, 7) is 3.42. The predicted octanol–water partition coefficient (Wildman–Crippen LogP) is 2.04. The summed E-state index contributed by atoms with van der Waals surface area (Å²) >= 11 is 0. The molecule has 3 nitrogen and oxygen atoms in total. The third kappa shape index (κ3) is 3.95. The molecule has 0 unspecified atom stereocenters. The van der Waals surface area contributed by atoms with E-state index in [0.717, 1.165) is 19.6 Å². The average molecular weight is 241 g/mol. The first-order valence-corrected chi connectivity index (χ1v) is 6.24. The van der Waals surface area contributed by atoms with Gasteiger partial charge in [-0.1, -0.05) is 30.3 Å². The van der Waals surface area contributed by atoms with E-state index < -0.39 is 0 Å². The van der Waals surface area contributed by atoms with Crippen molar-refractivity contribution in [2.24, 2.45) is 5.73 Å². The fraction of sp³-hybridized carbons (Fsp3) is 0.267. The Morgan fingerprint density at radius 2 is 1.50 bits per heavy atom. The molecule has 0 radical (unpaired) electrons. The van der Waals surface area contributed by atoms with Crippen LogP contribution in [0.15, 0.2) is 54.9 Å². The summed E-state index contributed by atoms with van der Waals surface area (Å²) in [7, 11) is 0. The van der Waals surface area contributed by atoms with E-state index in [2.05, 4.69) is 46.3 Å². The van der Waals surface area contributed by atoms with Crippen LogP contribution in [0, 0.1) is 0 Å². The Kier molecular flexibility index (Phi) is 4.88. The Morgan fingerprint density at radius 1 is 0.889 bits per heavy atom. The summed E-state index contributed by atoms with van der Waals surface area (Å²) in [5.74, 6) is 0. The van der Waals surface area contributed by atoms with E-state index in [4.69, 9.17) is 5.73 Å². The molecule has 0 saturated carbocycles. The van der Waals surface area contributed by atoms with E-state index in [1.807, 2.05) is 18.5 Å². The van der Waals surface area contributed by atoms with Gasteiger partial charge in [-0.05, 0) is 23.3 Å². The molecular formula is C15H19N3. The van der Waals surface area contributed by atoms with E-state index in [-0.39, 0.29) is 0 Å². The number of benzene rings is 1. The van der Waals surface area contributed by atoms with Crippen LogP contribution in [0.3, 0.4) is 0 Å². The lowest BCUT2D eigenvalue weighted by Gasteiger charge is -2.21. The quantitative estimate of drug-likeness (QED) is 0.841. The van der Waals surface area contributed by atoms with Crippen LogP contribution in [0.25, 0.3) is 0 Å². The number of hydrogen-bond acceptors (Lipinski definition) is 3. The van der Waals surface area contributed by atoms with Gasteiger partial charge in [0.05, 0.1) is 0 Å². The van der Waals surface area contributed by atoms with E-state index >= 15 is 0 Å². The molecule has 0 bridgehead atoms. The van der Waals surface area contributed by atoms with Crippen LogP contribution in [0.2, 0.25) is 0 Å². The van der Waals surface area contributed by atoms with Crippen molar-refractivity contribution in [3.05, 3.63) is 66.0 Å². The largest absolute Gasteiger partial charge is 0.329 e. The van der Waals surface area contributed by atoms with Crippen molar-refractivity contribution in [3.63, 3.8) is 0 Å². The molecule has 94 valence electrons. The summed E-state index contributed by atoms with van der Waals surface area (Å²) in [4.78, 5) is 6.39. The minimum atomic E-state index is 0.678. The van der Waals surface area contributed by atoms with Crippen LogP contribution in [-0.4, -0.2) is 23.0 Å². The molecule has 1 aromatic carbocycles. The van der Waals surface area contributed by atoms with Crippen LogP contribution in [0.1, 0.15) is 11.1 Å². The molecule has 0 aliphatic heterocycles. The van der Waals surface area contributed by atoms with E-state index in [9.17, 15) is 0 Å². The zero-order valence-corrected chi connectivity index (χ0v) is 10.5. The van der Waals surface area contributed by atoms with Gasteiger partial charge in [-0.3, -0.25) is 9.88 Å². The van der Waals surface area contributed by atoms with Crippen molar-refractivity contribution in [3.8, 4) is 0 Å². The van der Waals surface area contributed by atoms with Gasteiger partial charge in [-0.15, -0.1) is 0 Å². The normalized spacial score (nSPS) is 10.8. The fourth-order valence-corrected chi connectivity index (χ4v) is 1.98. The second kappa shape index (κ2) is 6.89. The first kappa shape index (κ1) is 12.7. The van der Waals surface area contributed by atoms with Crippen molar-refractivity contribution in [1.82, 2.24) is 9.88 Å². The number of rotatable bonds is 6. The highest BCUT2D eigenvalue weighted by molar-refractivity contribution is 5.15. The summed E-state index contributed by atoms with van der Waals surface area (Å²) in [6, 6.07) is 14.6.